The van der Waals surface area contributed by atoms with Gasteiger partial charge in [0.05, 0.1) is 18.2 Å². The molecule has 1 saturated carbocycles. The van der Waals surface area contributed by atoms with Crippen molar-refractivity contribution in [2.45, 2.75) is 45.1 Å². The van der Waals surface area contributed by atoms with Gasteiger partial charge in [0.25, 0.3) is 0 Å². The molecular formula is C28H37FN4O4. The van der Waals surface area contributed by atoms with E-state index in [-0.39, 0.29) is 12.3 Å². The highest BCUT2D eigenvalue weighted by atomic mass is 19.1. The number of anilines is 2. The largest absolute Gasteiger partial charge is 0.491 e. The number of nitrogens with one attached hydrogen (secondary N) is 3. The van der Waals surface area contributed by atoms with Gasteiger partial charge in [-0.3, -0.25) is 4.79 Å². The lowest BCUT2D eigenvalue weighted by Crippen LogP contribution is -2.32. The van der Waals surface area contributed by atoms with Crippen molar-refractivity contribution in [3.63, 3.8) is 0 Å². The van der Waals surface area contributed by atoms with Crippen molar-refractivity contribution < 1.29 is 23.5 Å². The monoisotopic (exact) mass is 512 g/mol. The Hall–Kier alpha value is -3.72. The zero-order chi connectivity index (χ0) is 27.0. The molecule has 0 spiro atoms. The molecule has 2 aromatic rings. The second kappa shape index (κ2) is 16.1. The van der Waals surface area contributed by atoms with Crippen LogP contribution >= 0.6 is 0 Å². The van der Waals surface area contributed by atoms with Gasteiger partial charge in [-0.25, -0.2) is 9.38 Å². The topological polar surface area (TPSA) is 101 Å². The van der Waals surface area contributed by atoms with E-state index >= 15 is 0 Å². The Morgan fingerprint density at radius 3 is 2.41 bits per heavy atom. The van der Waals surface area contributed by atoms with Crippen LogP contribution in [0.15, 0.2) is 41.4 Å². The van der Waals surface area contributed by atoms with Gasteiger partial charge in [-0.05, 0) is 55.3 Å². The van der Waals surface area contributed by atoms with Gasteiger partial charge in [0.1, 0.15) is 30.3 Å². The van der Waals surface area contributed by atoms with Crippen molar-refractivity contribution in [1.29, 1.82) is 0 Å². The third-order valence-electron chi connectivity index (χ3n) is 5.62. The van der Waals surface area contributed by atoms with Crippen molar-refractivity contribution in [2.24, 2.45) is 4.99 Å². The van der Waals surface area contributed by atoms with E-state index in [4.69, 9.17) is 9.47 Å². The SMILES string of the molecule is C=c1cc(OCCOC)cc(F)/c1=C(/N=C\C)Nc1ccc(NC)cc1.O=CCC(=O)NC1CCCC1. The summed E-state index contributed by atoms with van der Waals surface area (Å²) >= 11 is 0. The molecule has 0 bridgehead atoms. The molecule has 1 aliphatic rings. The number of hydrogen-bond acceptors (Lipinski definition) is 7. The molecule has 200 valence electrons. The first kappa shape index (κ1) is 29.5. The predicted octanol–water partition coefficient (Wildman–Crippen LogP) is 3.21. The van der Waals surface area contributed by atoms with E-state index in [1.54, 1.807) is 26.3 Å². The molecule has 3 N–H and O–H groups in total. The van der Waals surface area contributed by atoms with Crippen molar-refractivity contribution in [3.8, 4) is 5.75 Å². The van der Waals surface area contributed by atoms with Crippen molar-refractivity contribution >= 4 is 42.2 Å². The van der Waals surface area contributed by atoms with E-state index in [1.165, 1.54) is 18.9 Å². The smallest absolute Gasteiger partial charge is 0.227 e. The Morgan fingerprint density at radius 2 is 1.84 bits per heavy atom. The molecule has 1 amide bonds. The van der Waals surface area contributed by atoms with Crippen molar-refractivity contribution in [2.75, 3.05) is 38.0 Å². The van der Waals surface area contributed by atoms with Crippen LogP contribution in [0.1, 0.15) is 39.0 Å². The van der Waals surface area contributed by atoms with Gasteiger partial charge >= 0.3 is 0 Å². The molecule has 0 heterocycles. The predicted molar refractivity (Wildman–Crippen MR) is 147 cm³/mol. The maximum atomic E-state index is 14.7. The molecule has 37 heavy (non-hydrogen) atoms. The number of ether oxygens (including phenoxy) is 2. The molecule has 3 rings (SSSR count). The van der Waals surface area contributed by atoms with Gasteiger partial charge in [-0.2, -0.15) is 0 Å². The van der Waals surface area contributed by atoms with E-state index in [2.05, 4.69) is 27.5 Å². The molecule has 8 nitrogen and oxygen atoms in total. The Bertz CT molecular complexity index is 1150. The number of nitrogens with zero attached hydrogens (tertiary/aromatic N) is 1. The number of amides is 1. The van der Waals surface area contributed by atoms with Gasteiger partial charge in [0.2, 0.25) is 5.91 Å². The van der Waals surface area contributed by atoms with Crippen LogP contribution in [0.5, 0.6) is 5.75 Å². The molecular weight excluding hydrogens is 475 g/mol. The Kier molecular flexibility index (Phi) is 12.8. The number of hydrogen-bond donors (Lipinski definition) is 3. The number of benzene rings is 2. The molecule has 1 aliphatic carbocycles. The lowest BCUT2D eigenvalue weighted by atomic mass is 10.2. The van der Waals surface area contributed by atoms with E-state index in [9.17, 15) is 14.0 Å². The molecule has 0 aliphatic heterocycles. The second-order valence-corrected chi connectivity index (χ2v) is 8.39. The fraction of sp³-hybridized carbons (Fsp3) is 0.393. The minimum absolute atomic E-state index is 0.0104. The van der Waals surface area contributed by atoms with Crippen LogP contribution in [0.4, 0.5) is 15.8 Å². The number of aliphatic imine (C=N–C) groups is 1. The maximum absolute atomic E-state index is 14.7. The normalized spacial score (nSPS) is 13.9. The number of carbonyl (C=O) groups excluding carboxylic acids is 2. The molecule has 0 saturated heterocycles. The summed E-state index contributed by atoms with van der Waals surface area (Å²) in [5.74, 6) is 0.207. The lowest BCUT2D eigenvalue weighted by molar-refractivity contribution is -0.124. The molecule has 0 atom stereocenters. The first-order valence-electron chi connectivity index (χ1n) is 12.3. The van der Waals surface area contributed by atoms with Crippen LogP contribution in [0.3, 0.4) is 0 Å². The summed E-state index contributed by atoms with van der Waals surface area (Å²) in [4.78, 5) is 25.1. The third-order valence-corrected chi connectivity index (χ3v) is 5.62. The van der Waals surface area contributed by atoms with Gasteiger partial charge in [-0.15, -0.1) is 0 Å². The highest BCUT2D eigenvalue weighted by Crippen LogP contribution is 2.17. The average molecular weight is 513 g/mol. The molecule has 2 aromatic carbocycles. The number of methoxy groups -OCH3 is 1. The van der Waals surface area contributed by atoms with Gasteiger partial charge in [-0.1, -0.05) is 19.4 Å². The maximum Gasteiger partial charge on any atom is 0.227 e. The third kappa shape index (κ3) is 10.0. The highest BCUT2D eigenvalue weighted by Gasteiger charge is 2.16. The fourth-order valence-corrected chi connectivity index (χ4v) is 3.81. The lowest BCUT2D eigenvalue weighted by Gasteiger charge is -2.10. The zero-order valence-corrected chi connectivity index (χ0v) is 21.8. The van der Waals surface area contributed by atoms with E-state index < -0.39 is 5.82 Å². The van der Waals surface area contributed by atoms with Gasteiger partial charge in [0, 0.05) is 43.9 Å². The molecule has 9 heteroatoms. The summed E-state index contributed by atoms with van der Waals surface area (Å²) in [7, 11) is 3.43. The highest BCUT2D eigenvalue weighted by molar-refractivity contribution is 5.88. The summed E-state index contributed by atoms with van der Waals surface area (Å²) in [5, 5.41) is 9.80. The van der Waals surface area contributed by atoms with Crippen LogP contribution < -0.4 is 31.1 Å². The Morgan fingerprint density at radius 1 is 1.16 bits per heavy atom. The zero-order valence-electron chi connectivity index (χ0n) is 21.8. The quantitative estimate of drug-likeness (QED) is 0.185. The number of carbonyl (C=O) groups is 2. The average Bonchev–Trinajstić information content (AvgIpc) is 3.38. The van der Waals surface area contributed by atoms with Crippen LogP contribution in [0.2, 0.25) is 0 Å². The molecule has 0 radical (unpaired) electrons. The van der Waals surface area contributed by atoms with E-state index in [1.807, 2.05) is 31.3 Å². The molecule has 1 fully saturated rings. The Balaban J connectivity index is 0.000000364. The summed E-state index contributed by atoms with van der Waals surface area (Å²) in [6, 6.07) is 11.0. The molecule has 0 aromatic heterocycles. The van der Waals surface area contributed by atoms with Crippen molar-refractivity contribution in [1.82, 2.24) is 5.32 Å². The molecule has 0 unspecified atom stereocenters. The standard InChI is InChI=1S/C20H24FN3O2.C8H13NO2/c1-5-23-20(24-16-8-6-15(22-3)7-9-16)19-14(2)12-17(13-18(19)21)26-11-10-25-4;10-6-5-8(11)9-7-3-1-2-4-7/h5-9,12-13,22,24H,2,10-11H2,1,3-4H3;6-7H,1-5H2,(H,9,11)/b20-19-,23-5-;. The van der Waals surface area contributed by atoms with Crippen LogP contribution in [-0.4, -0.2) is 51.8 Å². The first-order valence-corrected chi connectivity index (χ1v) is 12.3. The summed E-state index contributed by atoms with van der Waals surface area (Å²) in [5.41, 5.74) is 1.78. The van der Waals surface area contributed by atoms with E-state index in [0.29, 0.717) is 47.5 Å². The minimum atomic E-state index is -0.454. The van der Waals surface area contributed by atoms with Crippen LogP contribution in [0.25, 0.3) is 12.4 Å². The van der Waals surface area contributed by atoms with Gasteiger partial charge in [0.15, 0.2) is 0 Å². The van der Waals surface area contributed by atoms with Gasteiger partial charge < -0.3 is 30.2 Å². The fourth-order valence-electron chi connectivity index (χ4n) is 3.81. The van der Waals surface area contributed by atoms with Crippen LogP contribution in [0, 0.1) is 5.82 Å². The Labute approximate surface area is 217 Å². The second-order valence-electron chi connectivity index (χ2n) is 8.39. The van der Waals surface area contributed by atoms with Crippen molar-refractivity contribution in [3.05, 3.63) is 52.7 Å². The van der Waals surface area contributed by atoms with Crippen LogP contribution in [-0.2, 0) is 14.3 Å². The summed E-state index contributed by atoms with van der Waals surface area (Å²) < 4.78 is 25.1. The summed E-state index contributed by atoms with van der Waals surface area (Å²) in [6.45, 7) is 6.49. The number of rotatable bonds is 11. The number of halogens is 1. The summed E-state index contributed by atoms with van der Waals surface area (Å²) in [6.07, 6.45) is 6.81. The first-order chi connectivity index (χ1) is 17.9. The number of aldehydes is 1. The minimum Gasteiger partial charge on any atom is -0.491 e. The van der Waals surface area contributed by atoms with E-state index in [0.717, 1.165) is 24.2 Å².